The molecule has 8 nitrogen and oxygen atoms in total. The molecular formula is C19H21NO7. The van der Waals surface area contributed by atoms with Gasteiger partial charge < -0.3 is 14.2 Å². The van der Waals surface area contributed by atoms with Gasteiger partial charge in [0.1, 0.15) is 18.8 Å². The molecule has 0 spiro atoms. The van der Waals surface area contributed by atoms with Gasteiger partial charge >= 0.3 is 11.9 Å². The maximum absolute atomic E-state index is 12.8. The average molecular weight is 375 g/mol. The SMILES string of the molecule is CC(=O)OC[C@H]1OC[C@H](N2C(=O)c3ccccc3C2=O)[C@@H](OC(C)=O)[C@H]1C. The highest BCUT2D eigenvalue weighted by Crippen LogP contribution is 2.33. The number of carbonyl (C=O) groups is 4. The lowest BCUT2D eigenvalue weighted by Crippen LogP contribution is -2.59. The number of hydrogen-bond donors (Lipinski definition) is 0. The Hall–Kier alpha value is -2.74. The van der Waals surface area contributed by atoms with Gasteiger partial charge in [0.2, 0.25) is 0 Å². The van der Waals surface area contributed by atoms with E-state index in [0.717, 1.165) is 4.90 Å². The summed E-state index contributed by atoms with van der Waals surface area (Å²) in [7, 11) is 0. The Morgan fingerprint density at radius 3 is 2.22 bits per heavy atom. The fourth-order valence-electron chi connectivity index (χ4n) is 3.54. The second-order valence-corrected chi connectivity index (χ2v) is 6.70. The number of benzene rings is 1. The van der Waals surface area contributed by atoms with Gasteiger partial charge in [-0.05, 0) is 12.1 Å². The van der Waals surface area contributed by atoms with Crippen molar-refractivity contribution in [2.24, 2.45) is 5.92 Å². The number of imide groups is 1. The standard InChI is InChI=1S/C19H21NO7/c1-10-16(9-25-11(2)21)26-8-15(17(10)27-12(3)22)20-18(23)13-6-4-5-7-14(13)19(20)24/h4-7,10,15-17H,8-9H2,1-3H3/t10-,15-,16+,17-/m0/s1. The van der Waals surface area contributed by atoms with Crippen molar-refractivity contribution in [3.05, 3.63) is 35.4 Å². The van der Waals surface area contributed by atoms with Crippen molar-refractivity contribution in [1.82, 2.24) is 4.90 Å². The zero-order valence-electron chi connectivity index (χ0n) is 15.3. The van der Waals surface area contributed by atoms with E-state index in [1.165, 1.54) is 13.8 Å². The Bertz CT molecular complexity index is 755. The summed E-state index contributed by atoms with van der Waals surface area (Å²) in [5, 5.41) is 0. The van der Waals surface area contributed by atoms with E-state index in [2.05, 4.69) is 0 Å². The van der Waals surface area contributed by atoms with E-state index in [1.807, 2.05) is 0 Å². The minimum Gasteiger partial charge on any atom is -0.463 e. The number of hydrogen-bond acceptors (Lipinski definition) is 7. The third-order valence-corrected chi connectivity index (χ3v) is 4.87. The van der Waals surface area contributed by atoms with Gasteiger partial charge in [0.15, 0.2) is 0 Å². The van der Waals surface area contributed by atoms with Crippen molar-refractivity contribution >= 4 is 23.8 Å². The van der Waals surface area contributed by atoms with E-state index in [9.17, 15) is 19.2 Å². The Kier molecular flexibility index (Phi) is 5.27. The molecule has 144 valence electrons. The van der Waals surface area contributed by atoms with Crippen LogP contribution in [0.3, 0.4) is 0 Å². The summed E-state index contributed by atoms with van der Waals surface area (Å²) in [6.07, 6.45) is -1.27. The predicted molar refractivity (Wildman–Crippen MR) is 91.8 cm³/mol. The smallest absolute Gasteiger partial charge is 0.302 e. The Morgan fingerprint density at radius 2 is 1.70 bits per heavy atom. The van der Waals surface area contributed by atoms with Crippen LogP contribution in [-0.4, -0.2) is 60.1 Å². The zero-order chi connectivity index (χ0) is 19.7. The van der Waals surface area contributed by atoms with Crippen LogP contribution in [0.2, 0.25) is 0 Å². The number of amides is 2. The molecule has 2 aliphatic heterocycles. The average Bonchev–Trinajstić information content (AvgIpc) is 2.87. The van der Waals surface area contributed by atoms with Crippen LogP contribution < -0.4 is 0 Å². The third kappa shape index (κ3) is 3.57. The molecular weight excluding hydrogens is 354 g/mol. The molecule has 1 aromatic carbocycles. The molecule has 0 saturated carbocycles. The number of fused-ring (bicyclic) bond motifs is 1. The van der Waals surface area contributed by atoms with Crippen molar-refractivity contribution in [1.29, 1.82) is 0 Å². The summed E-state index contributed by atoms with van der Waals surface area (Å²) in [4.78, 5) is 49.4. The minimum absolute atomic E-state index is 0.00308. The fraction of sp³-hybridized carbons (Fsp3) is 0.474. The van der Waals surface area contributed by atoms with E-state index in [-0.39, 0.29) is 13.2 Å². The number of carbonyl (C=O) groups excluding carboxylic acids is 4. The van der Waals surface area contributed by atoms with Gasteiger partial charge in [-0.2, -0.15) is 0 Å². The highest BCUT2D eigenvalue weighted by Gasteiger charge is 2.49. The van der Waals surface area contributed by atoms with Gasteiger partial charge in [-0.25, -0.2) is 0 Å². The highest BCUT2D eigenvalue weighted by molar-refractivity contribution is 6.21. The summed E-state index contributed by atoms with van der Waals surface area (Å²) >= 11 is 0. The van der Waals surface area contributed by atoms with Crippen molar-refractivity contribution in [3.63, 3.8) is 0 Å². The number of nitrogens with zero attached hydrogens (tertiary/aromatic N) is 1. The van der Waals surface area contributed by atoms with Crippen LogP contribution in [0.25, 0.3) is 0 Å². The van der Waals surface area contributed by atoms with Gasteiger partial charge in [0, 0.05) is 19.8 Å². The quantitative estimate of drug-likeness (QED) is 0.575. The first-order valence-corrected chi connectivity index (χ1v) is 8.70. The highest BCUT2D eigenvalue weighted by atomic mass is 16.6. The minimum atomic E-state index is -0.765. The van der Waals surface area contributed by atoms with Gasteiger partial charge in [-0.3, -0.25) is 24.1 Å². The van der Waals surface area contributed by atoms with Gasteiger partial charge in [0.25, 0.3) is 11.8 Å². The zero-order valence-corrected chi connectivity index (χ0v) is 15.3. The number of rotatable bonds is 4. The largest absolute Gasteiger partial charge is 0.463 e. The maximum Gasteiger partial charge on any atom is 0.302 e. The van der Waals surface area contributed by atoms with E-state index in [4.69, 9.17) is 14.2 Å². The van der Waals surface area contributed by atoms with Crippen molar-refractivity contribution in [3.8, 4) is 0 Å². The van der Waals surface area contributed by atoms with E-state index in [1.54, 1.807) is 31.2 Å². The van der Waals surface area contributed by atoms with Crippen LogP contribution in [0.4, 0.5) is 0 Å². The topological polar surface area (TPSA) is 99.2 Å². The van der Waals surface area contributed by atoms with Crippen molar-refractivity contribution < 1.29 is 33.4 Å². The summed E-state index contributed by atoms with van der Waals surface area (Å²) in [6, 6.07) is 5.79. The van der Waals surface area contributed by atoms with Crippen LogP contribution in [0.15, 0.2) is 24.3 Å². The first-order valence-electron chi connectivity index (χ1n) is 8.70. The van der Waals surface area contributed by atoms with Crippen molar-refractivity contribution in [2.45, 2.75) is 39.0 Å². The van der Waals surface area contributed by atoms with E-state index < -0.39 is 47.9 Å². The summed E-state index contributed by atoms with van der Waals surface area (Å²) in [6.45, 7) is 4.32. The molecule has 0 aliphatic carbocycles. The molecule has 0 bridgehead atoms. The molecule has 27 heavy (non-hydrogen) atoms. The second-order valence-electron chi connectivity index (χ2n) is 6.70. The first kappa shape index (κ1) is 19.0. The molecule has 3 rings (SSSR count). The van der Waals surface area contributed by atoms with Crippen LogP contribution in [0, 0.1) is 5.92 Å². The van der Waals surface area contributed by atoms with Crippen LogP contribution >= 0.6 is 0 Å². The molecule has 0 N–H and O–H groups in total. The molecule has 4 atom stereocenters. The molecule has 1 aromatic rings. The second kappa shape index (κ2) is 7.48. The lowest BCUT2D eigenvalue weighted by atomic mass is 9.89. The molecule has 2 amide bonds. The Morgan fingerprint density at radius 1 is 1.11 bits per heavy atom. The maximum atomic E-state index is 12.8. The molecule has 2 heterocycles. The Labute approximate surface area is 156 Å². The molecule has 8 heteroatoms. The third-order valence-electron chi connectivity index (χ3n) is 4.87. The molecule has 0 unspecified atom stereocenters. The van der Waals surface area contributed by atoms with Gasteiger partial charge in [-0.1, -0.05) is 19.1 Å². The summed E-state index contributed by atoms with van der Waals surface area (Å²) in [5.41, 5.74) is 0.637. The van der Waals surface area contributed by atoms with Crippen LogP contribution in [0.1, 0.15) is 41.5 Å². The molecule has 1 saturated heterocycles. The molecule has 0 radical (unpaired) electrons. The van der Waals surface area contributed by atoms with Crippen LogP contribution in [0.5, 0.6) is 0 Å². The van der Waals surface area contributed by atoms with E-state index >= 15 is 0 Å². The molecule has 0 aromatic heterocycles. The number of esters is 2. The first-order chi connectivity index (χ1) is 12.8. The normalized spacial score (nSPS) is 27.3. The lowest BCUT2D eigenvalue weighted by molar-refractivity contribution is -0.180. The van der Waals surface area contributed by atoms with E-state index in [0.29, 0.717) is 11.1 Å². The lowest BCUT2D eigenvalue weighted by Gasteiger charge is -2.43. The summed E-state index contributed by atoms with van der Waals surface area (Å²) in [5.74, 6) is -2.24. The fourth-order valence-corrected chi connectivity index (χ4v) is 3.54. The predicted octanol–water partition coefficient (Wildman–Crippen LogP) is 1.18. The van der Waals surface area contributed by atoms with Crippen LogP contribution in [-0.2, 0) is 23.8 Å². The molecule has 1 fully saturated rings. The Balaban J connectivity index is 1.86. The monoisotopic (exact) mass is 375 g/mol. The van der Waals surface area contributed by atoms with Gasteiger partial charge in [-0.15, -0.1) is 0 Å². The molecule has 2 aliphatic rings. The van der Waals surface area contributed by atoms with Gasteiger partial charge in [0.05, 0.1) is 23.8 Å². The number of ether oxygens (including phenoxy) is 3. The van der Waals surface area contributed by atoms with Crippen molar-refractivity contribution in [2.75, 3.05) is 13.2 Å². The summed E-state index contributed by atoms with van der Waals surface area (Å²) < 4.78 is 16.2.